The van der Waals surface area contributed by atoms with Gasteiger partial charge in [0.15, 0.2) is 0 Å². The van der Waals surface area contributed by atoms with E-state index in [0.29, 0.717) is 6.61 Å². The molecule has 31 heavy (non-hydrogen) atoms. The summed E-state index contributed by atoms with van der Waals surface area (Å²) in [4.78, 5) is 13.4. The maximum absolute atomic E-state index is 11.4. The van der Waals surface area contributed by atoms with Crippen LogP contribution in [0.1, 0.15) is 17.0 Å². The van der Waals surface area contributed by atoms with Gasteiger partial charge in [-0.3, -0.25) is 0 Å². The van der Waals surface area contributed by atoms with Crippen LogP contribution in [-0.2, 0) is 48.1 Å². The summed E-state index contributed by atoms with van der Waals surface area (Å²) in [6.07, 6.45) is 0. The zero-order valence-corrected chi connectivity index (χ0v) is 28.8. The Hall–Kier alpha value is -0.135. The molecule has 0 spiro atoms. The number of benzene rings is 2. The van der Waals surface area contributed by atoms with Gasteiger partial charge in [0, 0.05) is 21.1 Å². The molecule has 0 heterocycles. The molecule has 1 N–H and O–H groups in total. The minimum atomic E-state index is -2.00. The van der Waals surface area contributed by atoms with Crippen molar-refractivity contribution in [3.05, 3.63) is 119 Å². The SMILES string of the molecule is [CH3-].[CH3-].[CH3-].[CH3-].[CH3-].[CH3-].[CH3-].[CH3-].[CH3][Sb][C](=O)OCC1c2ccccc2-c2ccccc21.[O]=[W][OH].[W]. The van der Waals surface area contributed by atoms with E-state index in [9.17, 15) is 4.79 Å². The van der Waals surface area contributed by atoms with Crippen LogP contribution in [0.3, 0.4) is 0 Å². The molecule has 0 saturated carbocycles. The molecule has 2 aromatic carbocycles. The van der Waals surface area contributed by atoms with Gasteiger partial charge in [0.05, 0.1) is 0 Å². The minimum Gasteiger partial charge on any atom is 0 e. The Kier molecular flexibility index (Phi) is 47.4. The van der Waals surface area contributed by atoms with Gasteiger partial charge >= 0.3 is 149 Å². The van der Waals surface area contributed by atoms with E-state index in [1.165, 1.54) is 22.3 Å². The quantitative estimate of drug-likeness (QED) is 0.279. The van der Waals surface area contributed by atoms with Gasteiger partial charge in [0.1, 0.15) is 0 Å². The van der Waals surface area contributed by atoms with Crippen LogP contribution in [-0.4, -0.2) is 35.9 Å². The van der Waals surface area contributed by atoms with Gasteiger partial charge in [-0.15, -0.1) is 0 Å². The molecule has 2 aromatic rings. The normalized spacial score (nSPS) is 8.32. The van der Waals surface area contributed by atoms with E-state index in [0.717, 1.165) is 0 Å². The molecular formula is C24H39O4SbW2-8. The molecule has 0 atom stereocenters. The van der Waals surface area contributed by atoms with Gasteiger partial charge in [-0.25, -0.2) is 0 Å². The van der Waals surface area contributed by atoms with Crippen molar-refractivity contribution < 1.29 is 56.7 Å². The fraction of sp³-hybridized carbons (Fsp3) is 0.125. The maximum Gasteiger partial charge on any atom is 0 e. The van der Waals surface area contributed by atoms with Gasteiger partial charge in [0.2, 0.25) is 0 Å². The van der Waals surface area contributed by atoms with Crippen LogP contribution < -0.4 is 0 Å². The molecule has 7 heteroatoms. The Morgan fingerprint density at radius 2 is 1.19 bits per heavy atom. The van der Waals surface area contributed by atoms with Gasteiger partial charge in [-0.2, -0.15) is 0 Å². The minimum absolute atomic E-state index is 0. The number of rotatable bonds is 3. The fourth-order valence-corrected chi connectivity index (χ4v) is 3.24. The number of ether oxygens (including phenoxy) is 1. The van der Waals surface area contributed by atoms with E-state index in [1.807, 2.05) is 4.87 Å². The summed E-state index contributed by atoms with van der Waals surface area (Å²) in [6.45, 7) is 0.469. The third-order valence-electron chi connectivity index (χ3n) is 3.52. The largest absolute Gasteiger partial charge is 0 e. The molecule has 0 saturated heterocycles. The third kappa shape index (κ3) is 13.9. The van der Waals surface area contributed by atoms with Crippen LogP contribution in [0.25, 0.3) is 11.1 Å². The predicted octanol–water partition coefficient (Wildman–Crippen LogP) is 6.61. The van der Waals surface area contributed by atoms with Crippen LogP contribution in [0.2, 0.25) is 4.87 Å². The van der Waals surface area contributed by atoms with Crippen LogP contribution in [0.4, 0.5) is 4.79 Å². The van der Waals surface area contributed by atoms with Gasteiger partial charge in [0.25, 0.3) is 0 Å². The third-order valence-corrected chi connectivity index (χ3v) is 4.93. The molecule has 1 aliphatic rings. The summed E-state index contributed by atoms with van der Waals surface area (Å²) in [5.74, 6) is 0.193. The summed E-state index contributed by atoms with van der Waals surface area (Å²) >= 11 is -2.80. The van der Waals surface area contributed by atoms with Gasteiger partial charge in [-0.1, -0.05) is 0 Å². The van der Waals surface area contributed by atoms with E-state index in [1.54, 1.807) is 0 Å². The van der Waals surface area contributed by atoms with Crippen molar-refractivity contribution in [3.8, 4) is 11.1 Å². The zero-order valence-electron chi connectivity index (χ0n) is 20.3. The Bertz CT molecular complexity index is 637. The second-order valence-electron chi connectivity index (χ2n) is 4.60. The van der Waals surface area contributed by atoms with Crippen molar-refractivity contribution >= 4 is 25.5 Å². The molecular weight excluding hydrogens is 842 g/mol. The molecule has 184 valence electrons. The number of hydrogen-bond donors (Lipinski definition) is 1. The number of carbonyl (C=O) groups is 1. The van der Waals surface area contributed by atoms with Crippen molar-refractivity contribution in [2.45, 2.75) is 10.8 Å². The molecule has 1 aliphatic carbocycles. The van der Waals surface area contributed by atoms with Crippen molar-refractivity contribution in [1.82, 2.24) is 0 Å². The monoisotopic (exact) mass is 880 g/mol. The first-order chi connectivity index (χ1) is 10.7. The zero-order chi connectivity index (χ0) is 15.9. The average molecular weight is 881 g/mol. The smallest absolute Gasteiger partial charge is 0 e. The predicted molar refractivity (Wildman–Crippen MR) is 131 cm³/mol. The Morgan fingerprint density at radius 3 is 1.52 bits per heavy atom. The van der Waals surface area contributed by atoms with Crippen LogP contribution in [0.5, 0.6) is 0 Å². The number of carbonyl (C=O) groups excluding carboxylic acids is 1. The van der Waals surface area contributed by atoms with E-state index in [-0.39, 0.29) is 90.3 Å². The summed E-state index contributed by atoms with van der Waals surface area (Å²) in [6, 6.07) is 16.8. The average Bonchev–Trinajstić information content (AvgIpc) is 2.87. The van der Waals surface area contributed by atoms with Crippen LogP contribution in [0.15, 0.2) is 48.5 Å². The Labute approximate surface area is 228 Å². The standard InChI is InChI=1S/C15H11O2.9CH3.H2O.O.Sb.2W/c16-10-17-9-15-13-7-3-1-5-11(13)12-6-2-4-8-14(12)15;;;;;;;;;;;;;;/h1-8,15H,9H2;9*1H3;1H2;;;;/q;;8*-1;;;;;+1/p-1. The first-order valence-corrected chi connectivity index (χ1v) is 12.9. The maximum atomic E-state index is 11.4. The molecule has 0 fully saturated rings. The number of fused-ring (bicyclic) bond motifs is 3. The molecule has 1 radical (unpaired) electrons. The van der Waals surface area contributed by atoms with E-state index < -0.39 is 40.5 Å². The van der Waals surface area contributed by atoms with E-state index >= 15 is 0 Å². The Balaban J connectivity index is -0.0000000698. The van der Waals surface area contributed by atoms with Crippen molar-refractivity contribution in [2.75, 3.05) is 6.61 Å². The first-order valence-electron chi connectivity index (χ1n) is 6.61. The summed E-state index contributed by atoms with van der Waals surface area (Å²) in [5.41, 5.74) is 5.09. The van der Waals surface area contributed by atoms with Gasteiger partial charge in [-0.05, 0) is 0 Å². The van der Waals surface area contributed by atoms with Crippen molar-refractivity contribution in [3.63, 3.8) is 0 Å². The molecule has 3 rings (SSSR count). The van der Waals surface area contributed by atoms with E-state index in [2.05, 4.69) is 48.5 Å². The summed E-state index contributed by atoms with van der Waals surface area (Å²) in [5, 5.41) is 0. The summed E-state index contributed by atoms with van der Waals surface area (Å²) in [7, 11) is 0. The topological polar surface area (TPSA) is 63.6 Å². The van der Waals surface area contributed by atoms with Crippen LogP contribution >= 0.6 is 0 Å². The van der Waals surface area contributed by atoms with Crippen LogP contribution in [0, 0.1) is 59.4 Å². The van der Waals surface area contributed by atoms with Crippen molar-refractivity contribution in [2.24, 2.45) is 0 Å². The van der Waals surface area contributed by atoms with Gasteiger partial charge < -0.3 is 59.4 Å². The Morgan fingerprint density at radius 1 is 0.871 bits per heavy atom. The second-order valence-corrected chi connectivity index (χ2v) is 7.46. The molecule has 0 unspecified atom stereocenters. The second kappa shape index (κ2) is 27.9. The summed E-state index contributed by atoms with van der Waals surface area (Å²) < 4.78 is 21.3. The molecule has 4 nitrogen and oxygen atoms in total. The number of hydrogen-bond acceptors (Lipinski definition) is 3. The molecule has 0 aliphatic heterocycles. The molecule has 0 amide bonds. The fourth-order valence-electron chi connectivity index (χ4n) is 2.66. The molecule has 0 bridgehead atoms. The molecule has 0 aromatic heterocycles. The van der Waals surface area contributed by atoms with Crippen molar-refractivity contribution in [1.29, 1.82) is 0 Å². The van der Waals surface area contributed by atoms with E-state index in [4.69, 9.17) is 11.9 Å². The first kappa shape index (κ1) is 52.7.